The van der Waals surface area contributed by atoms with E-state index in [4.69, 9.17) is 0 Å². The maximum Gasteiger partial charge on any atom is 0.323 e. The van der Waals surface area contributed by atoms with E-state index in [2.05, 4.69) is 15.0 Å². The van der Waals surface area contributed by atoms with Crippen molar-refractivity contribution < 1.29 is 23.4 Å². The molecule has 0 aliphatic carbocycles. The van der Waals surface area contributed by atoms with E-state index in [0.717, 1.165) is 17.7 Å². The van der Waals surface area contributed by atoms with Gasteiger partial charge in [-0.1, -0.05) is 23.5 Å². The molecule has 4 rings (SSSR count). The molecule has 1 aromatic heterocycles. The number of hydrogen-bond donors (Lipinski definition) is 4. The lowest BCUT2D eigenvalue weighted by Crippen LogP contribution is -2.43. The number of amides is 2. The number of phenolic OH excluding ortho intramolecular Hbond substituents is 1. The predicted molar refractivity (Wildman–Crippen MR) is 136 cm³/mol. The van der Waals surface area contributed by atoms with E-state index in [1.54, 1.807) is 24.0 Å². The Bertz CT molecular complexity index is 1320. The number of rotatable bonds is 6. The molecule has 0 spiro atoms. The minimum Gasteiger partial charge on any atom is -0.508 e. The molecule has 1 aliphatic rings. The number of nitrogens with one attached hydrogen (secondary N) is 2. The van der Waals surface area contributed by atoms with Gasteiger partial charge in [0.15, 0.2) is 5.13 Å². The quantitative estimate of drug-likeness (QED) is 0.364. The number of thiazole rings is 1. The number of hydrogen-bond acceptors (Lipinski definition) is 7. The van der Waals surface area contributed by atoms with E-state index < -0.39 is 10.0 Å². The molecule has 1 atom stereocenters. The average Bonchev–Trinajstić information content (AvgIpc) is 3.20. The maximum atomic E-state index is 13.1. The lowest BCUT2D eigenvalue weighted by atomic mass is 9.99. The van der Waals surface area contributed by atoms with Gasteiger partial charge in [-0.3, -0.25) is 10.0 Å². The van der Waals surface area contributed by atoms with Gasteiger partial charge in [-0.15, -0.1) is 0 Å². The van der Waals surface area contributed by atoms with Crippen LogP contribution < -0.4 is 10.0 Å². The number of anilines is 2. The van der Waals surface area contributed by atoms with Crippen LogP contribution in [0.3, 0.4) is 0 Å². The van der Waals surface area contributed by atoms with Gasteiger partial charge >= 0.3 is 6.03 Å². The molecule has 3 aromatic rings. The van der Waals surface area contributed by atoms with E-state index in [9.17, 15) is 23.4 Å². The second kappa shape index (κ2) is 10.2. The molecule has 1 aliphatic heterocycles. The van der Waals surface area contributed by atoms with Crippen molar-refractivity contribution in [2.24, 2.45) is 5.92 Å². The molecular formula is C24H28N4O5S2. The molecule has 4 N–H and O–H groups in total. The van der Waals surface area contributed by atoms with Crippen molar-refractivity contribution in [3.8, 4) is 16.2 Å². The number of aromatic nitrogens is 1. The lowest BCUT2D eigenvalue weighted by molar-refractivity contribution is 0.136. The van der Waals surface area contributed by atoms with Gasteiger partial charge in [0.05, 0.1) is 15.5 Å². The zero-order valence-corrected chi connectivity index (χ0v) is 21.1. The van der Waals surface area contributed by atoms with Crippen LogP contribution in [0.4, 0.5) is 15.6 Å². The number of urea groups is 1. The highest BCUT2D eigenvalue weighted by Crippen LogP contribution is 2.35. The van der Waals surface area contributed by atoms with Crippen LogP contribution in [0.2, 0.25) is 0 Å². The second-order valence-corrected chi connectivity index (χ2v) is 11.3. The fourth-order valence-electron chi connectivity index (χ4n) is 4.06. The Labute approximate surface area is 208 Å². The van der Waals surface area contributed by atoms with E-state index in [0.29, 0.717) is 40.7 Å². The highest BCUT2D eigenvalue weighted by atomic mass is 32.2. The summed E-state index contributed by atoms with van der Waals surface area (Å²) >= 11 is 1.28. The smallest absolute Gasteiger partial charge is 0.323 e. The van der Waals surface area contributed by atoms with Crippen molar-refractivity contribution in [1.82, 2.24) is 9.88 Å². The van der Waals surface area contributed by atoms with Crippen molar-refractivity contribution in [3.63, 3.8) is 0 Å². The van der Waals surface area contributed by atoms with E-state index in [-0.39, 0.29) is 29.2 Å². The van der Waals surface area contributed by atoms with Crippen LogP contribution >= 0.6 is 11.3 Å². The van der Waals surface area contributed by atoms with Crippen molar-refractivity contribution in [1.29, 1.82) is 0 Å². The zero-order chi connectivity index (χ0) is 25.2. The third-order valence-corrected chi connectivity index (χ3v) is 8.58. The average molecular weight is 517 g/mol. The van der Waals surface area contributed by atoms with Gasteiger partial charge in [-0.25, -0.2) is 18.2 Å². The summed E-state index contributed by atoms with van der Waals surface area (Å²) in [6, 6.07) is 10.7. The first-order chi connectivity index (χ1) is 16.7. The number of carbonyl (C=O) groups is 1. The van der Waals surface area contributed by atoms with Gasteiger partial charge in [0.1, 0.15) is 5.75 Å². The number of aryl methyl sites for hydroxylation is 2. The number of nitrogens with zero attached hydrogens (tertiary/aromatic N) is 2. The SMILES string of the molecule is Cc1ccc(-c2sc(NC(=O)N3CCCC(CO)C3)nc2C)cc1S(=O)(=O)Nc1ccc(O)cc1. The van der Waals surface area contributed by atoms with Crippen molar-refractivity contribution in [2.45, 2.75) is 31.6 Å². The molecule has 9 nitrogen and oxygen atoms in total. The zero-order valence-electron chi connectivity index (χ0n) is 19.5. The van der Waals surface area contributed by atoms with E-state index >= 15 is 0 Å². The number of phenols is 1. The summed E-state index contributed by atoms with van der Waals surface area (Å²) < 4.78 is 28.7. The molecule has 11 heteroatoms. The first kappa shape index (κ1) is 25.0. The van der Waals surface area contributed by atoms with Gasteiger partial charge in [0.25, 0.3) is 10.0 Å². The Kier molecular flexibility index (Phi) is 7.29. The number of aliphatic hydroxyl groups is 1. The molecule has 0 radical (unpaired) electrons. The fraction of sp³-hybridized carbons (Fsp3) is 0.333. The summed E-state index contributed by atoms with van der Waals surface area (Å²) in [6.07, 6.45) is 1.75. The molecule has 35 heavy (non-hydrogen) atoms. The van der Waals surface area contributed by atoms with Crippen LogP contribution in [0.5, 0.6) is 5.75 Å². The summed E-state index contributed by atoms with van der Waals surface area (Å²) in [5, 5.41) is 22.1. The Hall–Kier alpha value is -3.15. The second-order valence-electron chi connectivity index (χ2n) is 8.63. The fourth-order valence-corrected chi connectivity index (χ4v) is 6.34. The molecule has 1 fully saturated rings. The molecule has 1 saturated heterocycles. The number of benzene rings is 2. The summed E-state index contributed by atoms with van der Waals surface area (Å²) in [5.41, 5.74) is 2.28. The minimum atomic E-state index is -3.88. The molecule has 1 unspecified atom stereocenters. The predicted octanol–water partition coefficient (Wildman–Crippen LogP) is 4.17. The first-order valence-corrected chi connectivity index (χ1v) is 13.5. The first-order valence-electron chi connectivity index (χ1n) is 11.2. The molecule has 0 bridgehead atoms. The van der Waals surface area contributed by atoms with Crippen molar-refractivity contribution in [2.75, 3.05) is 29.7 Å². The highest BCUT2D eigenvalue weighted by Gasteiger charge is 2.25. The topological polar surface area (TPSA) is 132 Å². The number of likely N-dealkylation sites (tertiary alicyclic amines) is 1. The van der Waals surface area contributed by atoms with Gasteiger partial charge in [0, 0.05) is 25.4 Å². The summed E-state index contributed by atoms with van der Waals surface area (Å²) in [7, 11) is -3.88. The van der Waals surface area contributed by atoms with E-state index in [1.165, 1.54) is 35.6 Å². The van der Waals surface area contributed by atoms with Gasteiger partial charge in [-0.05, 0) is 74.1 Å². The molecule has 186 valence electrons. The largest absolute Gasteiger partial charge is 0.508 e. The minimum absolute atomic E-state index is 0.0446. The molecule has 0 saturated carbocycles. The van der Waals surface area contributed by atoms with Gasteiger partial charge in [-0.2, -0.15) is 0 Å². The normalized spacial score (nSPS) is 16.2. The number of sulfonamides is 1. The monoisotopic (exact) mass is 516 g/mol. The summed E-state index contributed by atoms with van der Waals surface area (Å²) in [5.74, 6) is 0.134. The number of carbonyl (C=O) groups excluding carboxylic acids is 1. The molecular weight excluding hydrogens is 488 g/mol. The van der Waals surface area contributed by atoms with Crippen LogP contribution in [0, 0.1) is 19.8 Å². The molecule has 2 aromatic carbocycles. The van der Waals surface area contributed by atoms with Crippen LogP contribution in [0.1, 0.15) is 24.1 Å². The maximum absolute atomic E-state index is 13.1. The third kappa shape index (κ3) is 5.75. The van der Waals surface area contributed by atoms with Crippen LogP contribution in [0.15, 0.2) is 47.4 Å². The highest BCUT2D eigenvalue weighted by molar-refractivity contribution is 7.92. The Morgan fingerprint density at radius 2 is 1.94 bits per heavy atom. The number of aromatic hydroxyl groups is 1. The third-order valence-electron chi connectivity index (χ3n) is 5.93. The Morgan fingerprint density at radius 3 is 2.66 bits per heavy atom. The van der Waals surface area contributed by atoms with Crippen LogP contribution in [-0.2, 0) is 10.0 Å². The number of piperidine rings is 1. The van der Waals surface area contributed by atoms with Crippen LogP contribution in [-0.4, -0.2) is 54.2 Å². The lowest BCUT2D eigenvalue weighted by Gasteiger charge is -2.31. The van der Waals surface area contributed by atoms with Gasteiger partial charge in [0.2, 0.25) is 0 Å². The standard InChI is InChI=1S/C24H28N4O5S2/c1-15-5-6-18(12-21(15)35(32,33)27-19-7-9-20(30)10-8-19)22-16(2)25-23(34-22)26-24(31)28-11-3-4-17(13-28)14-29/h5-10,12,17,27,29-30H,3-4,11,13-14H2,1-2H3,(H,25,26,31). The Morgan fingerprint density at radius 1 is 1.20 bits per heavy atom. The molecule has 2 amide bonds. The summed E-state index contributed by atoms with van der Waals surface area (Å²) in [6.45, 7) is 4.73. The van der Waals surface area contributed by atoms with E-state index in [1.807, 2.05) is 13.0 Å². The van der Waals surface area contributed by atoms with Crippen molar-refractivity contribution in [3.05, 3.63) is 53.7 Å². The number of aliphatic hydroxyl groups excluding tert-OH is 1. The summed E-state index contributed by atoms with van der Waals surface area (Å²) in [4.78, 5) is 19.8. The van der Waals surface area contributed by atoms with Crippen LogP contribution in [0.25, 0.3) is 10.4 Å². The Balaban J connectivity index is 1.55. The van der Waals surface area contributed by atoms with Gasteiger partial charge < -0.3 is 15.1 Å². The van der Waals surface area contributed by atoms with Crippen molar-refractivity contribution >= 4 is 38.2 Å². The molecule has 2 heterocycles.